The first kappa shape index (κ1) is 24.8. The molecule has 0 amide bonds. The summed E-state index contributed by atoms with van der Waals surface area (Å²) >= 11 is 6.00. The number of hydrogen-bond donors (Lipinski definition) is 2. The molecule has 0 aliphatic carbocycles. The molecule has 0 bridgehead atoms. The summed E-state index contributed by atoms with van der Waals surface area (Å²) in [5, 5.41) is 15.6. The average molecular weight is 521 g/mol. The molecule has 3 atom stereocenters. The Morgan fingerprint density at radius 1 is 1.16 bits per heavy atom. The number of oxazole rings is 1. The molecular weight excluding hydrogens is 484 g/mol. The third-order valence-corrected chi connectivity index (χ3v) is 9.33. The van der Waals surface area contributed by atoms with Gasteiger partial charge in [0.2, 0.25) is 0 Å². The fourth-order valence-electron chi connectivity index (χ4n) is 6.72. The standard InChI is InChI=1S/C30H37ClN4O2/c1-20-3-8-25-26(15-20)33-19-30(25)11-14-34(17-21(30)2)18-27(36)22-9-12-35(13-10-22)29-32-16-28(37-29)23-4-6-24(31)7-5-23/h3-8,15-16,21-22,27,33,36H,9-14,17-19H2,1-2H3/t21-,27+,30?/m0/s1. The van der Waals surface area contributed by atoms with Crippen molar-refractivity contribution >= 4 is 23.3 Å². The van der Waals surface area contributed by atoms with Crippen molar-refractivity contribution < 1.29 is 9.52 Å². The largest absolute Gasteiger partial charge is 0.423 e. The van der Waals surface area contributed by atoms with Crippen molar-refractivity contribution in [3.05, 3.63) is 64.8 Å². The highest BCUT2D eigenvalue weighted by atomic mass is 35.5. The van der Waals surface area contributed by atoms with Crippen molar-refractivity contribution in [2.45, 2.75) is 44.6 Å². The number of piperidine rings is 2. The predicted molar refractivity (Wildman–Crippen MR) is 149 cm³/mol. The van der Waals surface area contributed by atoms with Gasteiger partial charge >= 0.3 is 0 Å². The summed E-state index contributed by atoms with van der Waals surface area (Å²) in [6.45, 7) is 10.1. The summed E-state index contributed by atoms with van der Waals surface area (Å²) in [5.74, 6) is 1.61. The molecule has 3 aliphatic rings. The maximum atomic E-state index is 11.2. The van der Waals surface area contributed by atoms with E-state index < -0.39 is 0 Å². The molecule has 1 unspecified atom stereocenters. The van der Waals surface area contributed by atoms with Crippen LogP contribution in [0.3, 0.4) is 0 Å². The molecule has 2 saturated heterocycles. The molecule has 4 heterocycles. The Bertz CT molecular complexity index is 1240. The van der Waals surface area contributed by atoms with E-state index in [4.69, 9.17) is 16.0 Å². The number of rotatable bonds is 5. The third-order valence-electron chi connectivity index (χ3n) is 9.08. The van der Waals surface area contributed by atoms with Gasteiger partial charge in [-0.2, -0.15) is 0 Å². The number of nitrogens with one attached hydrogen (secondary N) is 1. The Hall–Kier alpha value is -2.54. The molecule has 196 valence electrons. The first-order valence-electron chi connectivity index (χ1n) is 13.6. The van der Waals surface area contributed by atoms with Gasteiger partial charge in [-0.25, -0.2) is 4.98 Å². The fourth-order valence-corrected chi connectivity index (χ4v) is 6.85. The summed E-state index contributed by atoms with van der Waals surface area (Å²) in [6.07, 6.45) is 4.52. The van der Waals surface area contributed by atoms with Crippen molar-refractivity contribution in [2.75, 3.05) is 49.5 Å². The Morgan fingerprint density at radius 2 is 1.95 bits per heavy atom. The Morgan fingerprint density at radius 3 is 2.70 bits per heavy atom. The predicted octanol–water partition coefficient (Wildman–Crippen LogP) is 5.59. The second kappa shape index (κ2) is 9.97. The smallest absolute Gasteiger partial charge is 0.297 e. The number of nitrogens with zero attached hydrogens (tertiary/aromatic N) is 3. The van der Waals surface area contributed by atoms with E-state index in [2.05, 4.69) is 52.1 Å². The van der Waals surface area contributed by atoms with Crippen molar-refractivity contribution in [1.29, 1.82) is 0 Å². The minimum absolute atomic E-state index is 0.219. The number of hydrogen-bond acceptors (Lipinski definition) is 6. The van der Waals surface area contributed by atoms with Crippen molar-refractivity contribution in [2.24, 2.45) is 11.8 Å². The molecular formula is C30H37ClN4O2. The van der Waals surface area contributed by atoms with Crippen LogP contribution in [0.15, 0.2) is 53.1 Å². The first-order chi connectivity index (χ1) is 17.9. The second-order valence-electron chi connectivity index (χ2n) is 11.4. The summed E-state index contributed by atoms with van der Waals surface area (Å²) < 4.78 is 6.05. The number of benzene rings is 2. The van der Waals surface area contributed by atoms with Gasteiger partial charge in [0.1, 0.15) is 0 Å². The number of anilines is 2. The Balaban J connectivity index is 1.02. The summed E-state index contributed by atoms with van der Waals surface area (Å²) in [7, 11) is 0. The van der Waals surface area contributed by atoms with Gasteiger partial charge in [-0.1, -0.05) is 30.7 Å². The average Bonchev–Trinajstić information content (AvgIpc) is 3.53. The molecule has 6 rings (SSSR count). The first-order valence-corrected chi connectivity index (χ1v) is 14.0. The molecule has 37 heavy (non-hydrogen) atoms. The zero-order valence-corrected chi connectivity index (χ0v) is 22.5. The van der Waals surface area contributed by atoms with Crippen molar-refractivity contribution in [3.8, 4) is 11.3 Å². The molecule has 3 aromatic rings. The Labute approximate surface area is 224 Å². The molecule has 2 N–H and O–H groups in total. The fraction of sp³-hybridized carbons (Fsp3) is 0.500. The molecule has 0 radical (unpaired) electrons. The number of aryl methyl sites for hydroxylation is 1. The van der Waals surface area contributed by atoms with Gasteiger partial charge < -0.3 is 24.6 Å². The van der Waals surface area contributed by atoms with E-state index in [0.29, 0.717) is 22.9 Å². The molecule has 1 aromatic heterocycles. The SMILES string of the molecule is Cc1ccc2c(c1)NCC21CCN(C[C@@H](O)C2CCN(c3ncc(-c4ccc(Cl)cc4)o3)CC2)C[C@@H]1C. The quantitative estimate of drug-likeness (QED) is 0.457. The van der Waals surface area contributed by atoms with Gasteiger partial charge in [-0.15, -0.1) is 0 Å². The minimum atomic E-state index is -0.297. The van der Waals surface area contributed by atoms with Crippen LogP contribution in [-0.4, -0.2) is 60.4 Å². The van der Waals surface area contributed by atoms with Crippen LogP contribution >= 0.6 is 11.6 Å². The van der Waals surface area contributed by atoms with Gasteiger partial charge in [0, 0.05) is 54.4 Å². The van der Waals surface area contributed by atoms with E-state index in [1.807, 2.05) is 24.3 Å². The number of aromatic nitrogens is 1. The lowest BCUT2D eigenvalue weighted by atomic mass is 9.67. The van der Waals surface area contributed by atoms with E-state index in [1.165, 1.54) is 16.8 Å². The molecule has 2 fully saturated rings. The zero-order chi connectivity index (χ0) is 25.6. The number of likely N-dealkylation sites (tertiary alicyclic amines) is 1. The third kappa shape index (κ3) is 4.75. The van der Waals surface area contributed by atoms with Gasteiger partial charge in [-0.05, 0) is 86.0 Å². The molecule has 6 nitrogen and oxygen atoms in total. The number of aliphatic hydroxyl groups is 1. The topological polar surface area (TPSA) is 64.8 Å². The summed E-state index contributed by atoms with van der Waals surface area (Å²) in [6, 6.07) is 15.1. The van der Waals surface area contributed by atoms with Crippen LogP contribution < -0.4 is 10.2 Å². The van der Waals surface area contributed by atoms with Crippen LogP contribution in [0.5, 0.6) is 0 Å². The van der Waals surface area contributed by atoms with Crippen molar-refractivity contribution in [1.82, 2.24) is 9.88 Å². The lowest BCUT2D eigenvalue weighted by Gasteiger charge is -2.46. The zero-order valence-electron chi connectivity index (χ0n) is 21.8. The van der Waals surface area contributed by atoms with Crippen molar-refractivity contribution in [3.63, 3.8) is 0 Å². The molecule has 3 aliphatic heterocycles. The highest BCUT2D eigenvalue weighted by molar-refractivity contribution is 6.30. The highest BCUT2D eigenvalue weighted by Crippen LogP contribution is 2.47. The maximum Gasteiger partial charge on any atom is 0.297 e. The number of aliphatic hydroxyl groups excluding tert-OH is 1. The number of fused-ring (bicyclic) bond motifs is 2. The van der Waals surface area contributed by atoms with Gasteiger partial charge in [0.05, 0.1) is 12.3 Å². The summed E-state index contributed by atoms with van der Waals surface area (Å²) in [4.78, 5) is 9.20. The Kier molecular flexibility index (Phi) is 6.68. The van der Waals surface area contributed by atoms with Crippen LogP contribution in [0.2, 0.25) is 5.02 Å². The van der Waals surface area contributed by atoms with Crippen LogP contribution in [0.4, 0.5) is 11.7 Å². The number of β-amino-alcohol motifs (C(OH)–C–C–N with tert-alkyl or cyclic N) is 1. The van der Waals surface area contributed by atoms with Crippen LogP contribution in [-0.2, 0) is 5.41 Å². The summed E-state index contributed by atoms with van der Waals surface area (Å²) in [5.41, 5.74) is 5.31. The minimum Gasteiger partial charge on any atom is -0.423 e. The van der Waals surface area contributed by atoms with Gasteiger partial charge in [-0.3, -0.25) is 0 Å². The molecule has 7 heteroatoms. The molecule has 2 aromatic carbocycles. The second-order valence-corrected chi connectivity index (χ2v) is 11.8. The maximum absolute atomic E-state index is 11.2. The lowest BCUT2D eigenvalue weighted by Crippen LogP contribution is -2.52. The monoisotopic (exact) mass is 520 g/mol. The van der Waals surface area contributed by atoms with Crippen LogP contribution in [0.1, 0.15) is 37.3 Å². The van der Waals surface area contributed by atoms with Crippen LogP contribution in [0, 0.1) is 18.8 Å². The molecule has 0 saturated carbocycles. The van der Waals surface area contributed by atoms with E-state index in [1.54, 1.807) is 6.20 Å². The molecule has 1 spiro atoms. The number of halogens is 1. The van der Waals surface area contributed by atoms with E-state index in [0.717, 1.165) is 69.9 Å². The van der Waals surface area contributed by atoms with E-state index >= 15 is 0 Å². The van der Waals surface area contributed by atoms with E-state index in [-0.39, 0.29) is 11.5 Å². The van der Waals surface area contributed by atoms with Gasteiger partial charge in [0.15, 0.2) is 5.76 Å². The lowest BCUT2D eigenvalue weighted by molar-refractivity contribution is 0.0242. The van der Waals surface area contributed by atoms with Gasteiger partial charge in [0.25, 0.3) is 6.01 Å². The van der Waals surface area contributed by atoms with E-state index in [9.17, 15) is 5.11 Å². The normalized spacial score (nSPS) is 25.3. The highest BCUT2D eigenvalue weighted by Gasteiger charge is 2.46. The van der Waals surface area contributed by atoms with Crippen LogP contribution in [0.25, 0.3) is 11.3 Å².